The number of hydrogen-bond acceptors (Lipinski definition) is 4. The lowest BCUT2D eigenvalue weighted by molar-refractivity contribution is 0.0272. The van der Waals surface area contributed by atoms with E-state index >= 15 is 0 Å². The first-order chi connectivity index (χ1) is 5.71. The van der Waals surface area contributed by atoms with Gasteiger partial charge in [-0.1, -0.05) is 0 Å². The molecule has 0 aromatic heterocycles. The van der Waals surface area contributed by atoms with Crippen LogP contribution < -0.4 is 0 Å². The zero-order valence-corrected chi connectivity index (χ0v) is 6.97. The number of rotatable bonds is 4. The SMILES string of the molecule is CCN(CO)C(=O)N(CO)CO. The van der Waals surface area contributed by atoms with E-state index in [2.05, 4.69) is 0 Å². The van der Waals surface area contributed by atoms with Gasteiger partial charge in [-0.3, -0.25) is 4.90 Å². The van der Waals surface area contributed by atoms with E-state index in [4.69, 9.17) is 15.3 Å². The molecule has 0 spiro atoms. The van der Waals surface area contributed by atoms with E-state index in [-0.39, 0.29) is 0 Å². The Morgan fingerprint density at radius 2 is 1.50 bits per heavy atom. The van der Waals surface area contributed by atoms with Crippen molar-refractivity contribution < 1.29 is 20.1 Å². The molecule has 0 saturated carbocycles. The number of urea groups is 1. The second-order valence-electron chi connectivity index (χ2n) is 2.10. The summed E-state index contributed by atoms with van der Waals surface area (Å²) < 4.78 is 0. The highest BCUT2D eigenvalue weighted by atomic mass is 16.3. The molecule has 0 aliphatic heterocycles. The molecular weight excluding hydrogens is 164 g/mol. The lowest BCUT2D eigenvalue weighted by Crippen LogP contribution is -2.44. The number of nitrogens with zero attached hydrogens (tertiary/aromatic N) is 2. The van der Waals surface area contributed by atoms with Crippen LogP contribution in [0.4, 0.5) is 4.79 Å². The Bertz CT molecular complexity index is 120. The van der Waals surface area contributed by atoms with Crippen LogP contribution in [-0.4, -0.2) is 57.9 Å². The molecule has 0 rings (SSSR count). The quantitative estimate of drug-likeness (QED) is 0.461. The van der Waals surface area contributed by atoms with E-state index in [1.54, 1.807) is 6.92 Å². The topological polar surface area (TPSA) is 84.2 Å². The van der Waals surface area contributed by atoms with Crippen LogP contribution in [0.1, 0.15) is 6.92 Å². The zero-order valence-electron chi connectivity index (χ0n) is 6.97. The van der Waals surface area contributed by atoms with Crippen molar-refractivity contribution in [1.82, 2.24) is 9.80 Å². The van der Waals surface area contributed by atoms with Gasteiger partial charge in [0.2, 0.25) is 0 Å². The fraction of sp³-hybridized carbons (Fsp3) is 0.833. The summed E-state index contributed by atoms with van der Waals surface area (Å²) in [6.45, 7) is 0.455. The van der Waals surface area contributed by atoms with Crippen LogP contribution in [0.3, 0.4) is 0 Å². The normalized spacial score (nSPS) is 9.67. The molecule has 2 amide bonds. The average molecular weight is 178 g/mol. The van der Waals surface area contributed by atoms with Gasteiger partial charge in [-0.2, -0.15) is 0 Å². The summed E-state index contributed by atoms with van der Waals surface area (Å²) in [5, 5.41) is 25.8. The predicted molar refractivity (Wildman–Crippen MR) is 40.9 cm³/mol. The summed E-state index contributed by atoms with van der Waals surface area (Å²) in [6, 6.07) is -0.593. The summed E-state index contributed by atoms with van der Waals surface area (Å²) in [6.07, 6.45) is 0. The smallest absolute Gasteiger partial charge is 0.325 e. The van der Waals surface area contributed by atoms with Crippen molar-refractivity contribution in [3.8, 4) is 0 Å². The van der Waals surface area contributed by atoms with Gasteiger partial charge >= 0.3 is 6.03 Å². The van der Waals surface area contributed by atoms with Crippen molar-refractivity contribution in [2.75, 3.05) is 26.7 Å². The molecule has 0 aromatic carbocycles. The van der Waals surface area contributed by atoms with Gasteiger partial charge in [0.05, 0.1) is 0 Å². The van der Waals surface area contributed by atoms with E-state index in [0.29, 0.717) is 6.54 Å². The first-order valence-corrected chi connectivity index (χ1v) is 3.57. The monoisotopic (exact) mass is 178 g/mol. The van der Waals surface area contributed by atoms with E-state index in [1.807, 2.05) is 0 Å². The van der Waals surface area contributed by atoms with Gasteiger partial charge in [0.25, 0.3) is 0 Å². The maximum absolute atomic E-state index is 11.1. The minimum absolute atomic E-state index is 0.325. The number of carbonyl (C=O) groups is 1. The van der Waals surface area contributed by atoms with Crippen molar-refractivity contribution in [2.24, 2.45) is 0 Å². The van der Waals surface area contributed by atoms with Crippen molar-refractivity contribution >= 4 is 6.03 Å². The molecule has 6 heteroatoms. The molecule has 3 N–H and O–H groups in total. The number of aliphatic hydroxyl groups is 3. The minimum Gasteiger partial charge on any atom is -0.376 e. The van der Waals surface area contributed by atoms with Gasteiger partial charge in [0, 0.05) is 6.54 Å². The molecule has 12 heavy (non-hydrogen) atoms. The largest absolute Gasteiger partial charge is 0.376 e. The molecule has 0 bridgehead atoms. The van der Waals surface area contributed by atoms with Gasteiger partial charge in [0.15, 0.2) is 0 Å². The molecule has 0 heterocycles. The molecule has 0 saturated heterocycles. The van der Waals surface area contributed by atoms with Crippen molar-refractivity contribution in [1.29, 1.82) is 0 Å². The van der Waals surface area contributed by atoms with Crippen LogP contribution in [0.25, 0.3) is 0 Å². The fourth-order valence-corrected chi connectivity index (χ4v) is 0.661. The highest BCUT2D eigenvalue weighted by molar-refractivity contribution is 5.73. The Morgan fingerprint density at radius 3 is 1.75 bits per heavy atom. The van der Waals surface area contributed by atoms with Gasteiger partial charge in [-0.15, -0.1) is 0 Å². The fourth-order valence-electron chi connectivity index (χ4n) is 0.661. The Balaban J connectivity index is 4.12. The molecule has 0 aliphatic carbocycles. The molecule has 0 unspecified atom stereocenters. The van der Waals surface area contributed by atoms with E-state index in [9.17, 15) is 4.79 Å². The molecule has 0 aliphatic rings. The number of carbonyl (C=O) groups excluding carboxylic acids is 1. The lowest BCUT2D eigenvalue weighted by atomic mass is 10.6. The van der Waals surface area contributed by atoms with E-state index < -0.39 is 26.2 Å². The average Bonchev–Trinajstić information content (AvgIpc) is 2.09. The van der Waals surface area contributed by atoms with Gasteiger partial charge in [-0.05, 0) is 6.92 Å². The van der Waals surface area contributed by atoms with Crippen molar-refractivity contribution in [3.63, 3.8) is 0 Å². The van der Waals surface area contributed by atoms with Gasteiger partial charge in [0.1, 0.15) is 20.2 Å². The summed E-state index contributed by atoms with van der Waals surface area (Å²) in [5.41, 5.74) is 0. The van der Waals surface area contributed by atoms with Crippen molar-refractivity contribution in [2.45, 2.75) is 6.92 Å². The first-order valence-electron chi connectivity index (χ1n) is 3.57. The third-order valence-corrected chi connectivity index (χ3v) is 1.43. The van der Waals surface area contributed by atoms with Crippen LogP contribution in [0.2, 0.25) is 0 Å². The molecule has 6 nitrogen and oxygen atoms in total. The molecule has 72 valence electrons. The van der Waals surface area contributed by atoms with Crippen molar-refractivity contribution in [3.05, 3.63) is 0 Å². The highest BCUT2D eigenvalue weighted by Crippen LogP contribution is 1.95. The van der Waals surface area contributed by atoms with Crippen LogP contribution >= 0.6 is 0 Å². The third kappa shape index (κ3) is 2.65. The molecule has 0 radical (unpaired) electrons. The minimum atomic E-state index is -0.593. The van der Waals surface area contributed by atoms with Crippen LogP contribution in [0, 0.1) is 0 Å². The van der Waals surface area contributed by atoms with Gasteiger partial charge < -0.3 is 20.2 Å². The van der Waals surface area contributed by atoms with Crippen LogP contribution in [0.15, 0.2) is 0 Å². The summed E-state index contributed by atoms with van der Waals surface area (Å²) in [7, 11) is 0. The molecule has 0 atom stereocenters. The van der Waals surface area contributed by atoms with Crippen LogP contribution in [0.5, 0.6) is 0 Å². The lowest BCUT2D eigenvalue weighted by Gasteiger charge is -2.25. The molecule has 0 aromatic rings. The zero-order chi connectivity index (χ0) is 9.56. The second kappa shape index (κ2) is 5.76. The number of aliphatic hydroxyl groups excluding tert-OH is 3. The Kier molecular flexibility index (Phi) is 5.35. The highest BCUT2D eigenvalue weighted by Gasteiger charge is 2.16. The summed E-state index contributed by atoms with van der Waals surface area (Å²) >= 11 is 0. The standard InChI is InChI=1S/C6H14N2O4/c1-2-7(3-9)6(12)8(4-10)5-11/h9-11H,2-5H2,1H3. The molecule has 0 fully saturated rings. The maximum Gasteiger partial charge on any atom is 0.325 e. The summed E-state index contributed by atoms with van der Waals surface area (Å²) in [4.78, 5) is 13.0. The number of amides is 2. The Labute approximate surface area is 70.6 Å². The van der Waals surface area contributed by atoms with E-state index in [1.165, 1.54) is 0 Å². The summed E-state index contributed by atoms with van der Waals surface area (Å²) in [5.74, 6) is 0. The number of hydrogen-bond donors (Lipinski definition) is 3. The van der Waals surface area contributed by atoms with E-state index in [0.717, 1.165) is 9.80 Å². The van der Waals surface area contributed by atoms with Gasteiger partial charge in [-0.25, -0.2) is 4.79 Å². The second-order valence-corrected chi connectivity index (χ2v) is 2.10. The maximum atomic E-state index is 11.1. The van der Waals surface area contributed by atoms with Crippen LogP contribution in [-0.2, 0) is 0 Å². The Morgan fingerprint density at radius 1 is 1.08 bits per heavy atom. The third-order valence-electron chi connectivity index (χ3n) is 1.43. The predicted octanol–water partition coefficient (Wildman–Crippen LogP) is -1.42. The first kappa shape index (κ1) is 11.2. The molecular formula is C6H14N2O4. The Hall–Kier alpha value is -0.850.